The van der Waals surface area contributed by atoms with Crippen molar-refractivity contribution in [3.05, 3.63) is 37.9 Å². The summed E-state index contributed by atoms with van der Waals surface area (Å²) in [4.78, 5) is 22.3. The highest BCUT2D eigenvalue weighted by Gasteiger charge is 2.22. The van der Waals surface area contributed by atoms with Gasteiger partial charge in [-0.05, 0) is 19.4 Å². The Hall–Kier alpha value is -1.37. The van der Waals surface area contributed by atoms with Crippen molar-refractivity contribution in [3.63, 3.8) is 0 Å². The molecule has 8 heteroatoms. The van der Waals surface area contributed by atoms with Crippen LogP contribution in [-0.2, 0) is 0 Å². The van der Waals surface area contributed by atoms with E-state index in [9.17, 15) is 14.9 Å². The van der Waals surface area contributed by atoms with E-state index in [1.54, 1.807) is 0 Å². The molecule has 1 aliphatic rings. The normalized spacial score (nSPS) is 18.6. The van der Waals surface area contributed by atoms with Crippen LogP contribution in [0.15, 0.2) is 12.1 Å². The molecule has 0 radical (unpaired) electrons. The van der Waals surface area contributed by atoms with Gasteiger partial charge in [-0.25, -0.2) is 0 Å². The van der Waals surface area contributed by atoms with E-state index >= 15 is 0 Å². The van der Waals surface area contributed by atoms with Gasteiger partial charge in [-0.2, -0.15) is 0 Å². The number of non-ortho nitro benzene ring substituents is 1. The van der Waals surface area contributed by atoms with Crippen LogP contribution < -0.4 is 10.6 Å². The Morgan fingerprint density at radius 2 is 2.20 bits per heavy atom. The fourth-order valence-corrected chi connectivity index (χ4v) is 2.49. The Morgan fingerprint density at radius 3 is 2.80 bits per heavy atom. The number of carbonyl (C=O) groups is 1. The van der Waals surface area contributed by atoms with Gasteiger partial charge in [0, 0.05) is 24.7 Å². The first-order chi connectivity index (χ1) is 9.49. The molecule has 0 bridgehead atoms. The topological polar surface area (TPSA) is 84.3 Å². The minimum absolute atomic E-state index is 0.00668. The largest absolute Gasteiger partial charge is 0.348 e. The molecule has 0 unspecified atom stereocenters. The van der Waals surface area contributed by atoms with Gasteiger partial charge >= 0.3 is 0 Å². The Balaban J connectivity index is 2.21. The molecule has 20 heavy (non-hydrogen) atoms. The number of halogens is 2. The third-order valence-electron chi connectivity index (χ3n) is 3.10. The van der Waals surface area contributed by atoms with Crippen molar-refractivity contribution in [3.8, 4) is 0 Å². The van der Waals surface area contributed by atoms with Crippen LogP contribution in [-0.4, -0.2) is 30.0 Å². The molecule has 6 nitrogen and oxygen atoms in total. The number of nitrogens with zero attached hydrogens (tertiary/aromatic N) is 1. The molecule has 2 N–H and O–H groups in total. The van der Waals surface area contributed by atoms with Gasteiger partial charge in [0.15, 0.2) is 0 Å². The highest BCUT2D eigenvalue weighted by molar-refractivity contribution is 6.44. The van der Waals surface area contributed by atoms with Crippen molar-refractivity contribution in [2.24, 2.45) is 0 Å². The number of nitro benzene ring substituents is 1. The summed E-state index contributed by atoms with van der Waals surface area (Å²) in [5.41, 5.74) is -0.234. The second-order valence-electron chi connectivity index (χ2n) is 4.56. The number of piperidine rings is 1. The van der Waals surface area contributed by atoms with E-state index in [1.165, 1.54) is 0 Å². The van der Waals surface area contributed by atoms with Crippen molar-refractivity contribution in [2.45, 2.75) is 18.9 Å². The van der Waals surface area contributed by atoms with Crippen LogP contribution in [0.4, 0.5) is 5.69 Å². The number of rotatable bonds is 3. The maximum atomic E-state index is 12.2. The highest BCUT2D eigenvalue weighted by atomic mass is 35.5. The maximum Gasteiger partial charge on any atom is 0.271 e. The van der Waals surface area contributed by atoms with Crippen LogP contribution >= 0.6 is 23.2 Å². The van der Waals surface area contributed by atoms with E-state index in [0.29, 0.717) is 6.54 Å². The highest BCUT2D eigenvalue weighted by Crippen LogP contribution is 2.30. The lowest BCUT2D eigenvalue weighted by molar-refractivity contribution is -0.384. The third-order valence-corrected chi connectivity index (χ3v) is 3.90. The van der Waals surface area contributed by atoms with Gasteiger partial charge in [0.1, 0.15) is 0 Å². The summed E-state index contributed by atoms with van der Waals surface area (Å²) in [6, 6.07) is 2.26. The molecule has 1 aromatic carbocycles. The molecule has 2 rings (SSSR count). The van der Waals surface area contributed by atoms with Crippen LogP contribution in [0.1, 0.15) is 23.2 Å². The lowest BCUT2D eigenvalue weighted by atomic mass is 10.1. The molecule has 108 valence electrons. The summed E-state index contributed by atoms with van der Waals surface area (Å²) in [6.45, 7) is 1.60. The zero-order valence-corrected chi connectivity index (χ0v) is 12.0. The fourth-order valence-electron chi connectivity index (χ4n) is 2.08. The van der Waals surface area contributed by atoms with E-state index in [4.69, 9.17) is 23.2 Å². The van der Waals surface area contributed by atoms with Gasteiger partial charge < -0.3 is 10.6 Å². The quantitative estimate of drug-likeness (QED) is 0.662. The Morgan fingerprint density at radius 1 is 1.45 bits per heavy atom. The van der Waals surface area contributed by atoms with Gasteiger partial charge in [0.05, 0.1) is 20.5 Å². The van der Waals surface area contributed by atoms with Gasteiger partial charge in [0.2, 0.25) is 0 Å². The molecule has 1 fully saturated rings. The molecule has 0 saturated carbocycles. The maximum absolute atomic E-state index is 12.2. The molecule has 1 heterocycles. The summed E-state index contributed by atoms with van der Waals surface area (Å²) >= 11 is 11.8. The Bertz CT molecular complexity index is 545. The number of carbonyl (C=O) groups excluding carboxylic acids is 1. The first-order valence-electron chi connectivity index (χ1n) is 6.14. The summed E-state index contributed by atoms with van der Waals surface area (Å²) in [7, 11) is 0. The standard InChI is InChI=1S/C12H13Cl2N3O3/c13-10-5-8(17(19)20)4-9(11(10)14)12(18)16-7-2-1-3-15-6-7/h4-5,7,15H,1-3,6H2,(H,16,18)/t7-/m0/s1. The Labute approximate surface area is 125 Å². The van der Waals surface area contributed by atoms with E-state index in [1.807, 2.05) is 0 Å². The minimum atomic E-state index is -0.610. The Kier molecular flexibility index (Phi) is 4.80. The minimum Gasteiger partial charge on any atom is -0.348 e. The van der Waals surface area contributed by atoms with E-state index < -0.39 is 10.8 Å². The zero-order chi connectivity index (χ0) is 14.7. The molecule has 0 aromatic heterocycles. The second-order valence-corrected chi connectivity index (χ2v) is 5.35. The number of nitro groups is 1. The van der Waals surface area contributed by atoms with Crippen molar-refractivity contribution < 1.29 is 9.72 Å². The molecule has 1 saturated heterocycles. The molecular formula is C12H13Cl2N3O3. The molecular weight excluding hydrogens is 305 g/mol. The smallest absolute Gasteiger partial charge is 0.271 e. The average Bonchev–Trinajstić information content (AvgIpc) is 2.42. The van der Waals surface area contributed by atoms with Gasteiger partial charge in [-0.3, -0.25) is 14.9 Å². The fraction of sp³-hybridized carbons (Fsp3) is 0.417. The molecule has 1 aromatic rings. The van der Waals surface area contributed by atoms with Crippen molar-refractivity contribution in [2.75, 3.05) is 13.1 Å². The predicted molar refractivity (Wildman–Crippen MR) is 76.5 cm³/mol. The number of hydrogen-bond acceptors (Lipinski definition) is 4. The first kappa shape index (κ1) is 15.0. The summed E-state index contributed by atoms with van der Waals surface area (Å²) < 4.78 is 0. The van der Waals surface area contributed by atoms with Crippen LogP contribution in [0.3, 0.4) is 0 Å². The zero-order valence-electron chi connectivity index (χ0n) is 10.5. The SMILES string of the molecule is O=C(N[C@H]1CCCNC1)c1cc([N+](=O)[O-])cc(Cl)c1Cl. The lowest BCUT2D eigenvalue weighted by Gasteiger charge is -2.24. The number of benzene rings is 1. The lowest BCUT2D eigenvalue weighted by Crippen LogP contribution is -2.45. The number of amides is 1. The van der Waals surface area contributed by atoms with E-state index in [-0.39, 0.29) is 27.3 Å². The van der Waals surface area contributed by atoms with Gasteiger partial charge in [-0.15, -0.1) is 0 Å². The molecule has 1 aliphatic heterocycles. The monoisotopic (exact) mass is 317 g/mol. The van der Waals surface area contributed by atoms with Gasteiger partial charge in [-0.1, -0.05) is 23.2 Å². The van der Waals surface area contributed by atoms with E-state index in [0.717, 1.165) is 31.5 Å². The predicted octanol–water partition coefficient (Wildman–Crippen LogP) is 2.38. The summed E-state index contributed by atoms with van der Waals surface area (Å²) in [5, 5.41) is 16.8. The van der Waals surface area contributed by atoms with Gasteiger partial charge in [0.25, 0.3) is 11.6 Å². The average molecular weight is 318 g/mol. The number of hydrogen-bond donors (Lipinski definition) is 2. The molecule has 1 atom stereocenters. The van der Waals surface area contributed by atoms with E-state index in [2.05, 4.69) is 10.6 Å². The summed E-state index contributed by atoms with van der Waals surface area (Å²) in [5.74, 6) is -0.450. The summed E-state index contributed by atoms with van der Waals surface area (Å²) in [6.07, 6.45) is 1.83. The molecule has 1 amide bonds. The van der Waals surface area contributed by atoms with Crippen LogP contribution in [0, 0.1) is 10.1 Å². The van der Waals surface area contributed by atoms with Crippen molar-refractivity contribution >= 4 is 34.8 Å². The number of nitrogens with one attached hydrogen (secondary N) is 2. The van der Waals surface area contributed by atoms with Crippen LogP contribution in [0.2, 0.25) is 10.0 Å². The first-order valence-corrected chi connectivity index (χ1v) is 6.89. The van der Waals surface area contributed by atoms with Crippen molar-refractivity contribution in [1.82, 2.24) is 10.6 Å². The van der Waals surface area contributed by atoms with Crippen LogP contribution in [0.5, 0.6) is 0 Å². The third kappa shape index (κ3) is 3.39. The second kappa shape index (κ2) is 6.39. The van der Waals surface area contributed by atoms with Crippen molar-refractivity contribution in [1.29, 1.82) is 0 Å². The molecule has 0 spiro atoms. The molecule has 0 aliphatic carbocycles. The van der Waals surface area contributed by atoms with Crippen LogP contribution in [0.25, 0.3) is 0 Å².